The Morgan fingerprint density at radius 2 is 1.93 bits per heavy atom. The van der Waals surface area contributed by atoms with E-state index < -0.39 is 5.91 Å². The number of hydrogen-bond acceptors (Lipinski definition) is 5. The van der Waals surface area contributed by atoms with Crippen LogP contribution in [-0.2, 0) is 27.3 Å². The van der Waals surface area contributed by atoms with Gasteiger partial charge < -0.3 is 9.72 Å². The van der Waals surface area contributed by atoms with Gasteiger partial charge in [0.25, 0.3) is 12.4 Å². The van der Waals surface area contributed by atoms with Crippen molar-refractivity contribution < 1.29 is 19.5 Å². The van der Waals surface area contributed by atoms with Crippen LogP contribution < -0.4 is 5.48 Å². The summed E-state index contributed by atoms with van der Waals surface area (Å²) in [6, 6.07) is 16.0. The largest absolute Gasteiger partial charge is 0.467 e. The zero-order chi connectivity index (χ0) is 21.2. The van der Waals surface area contributed by atoms with Gasteiger partial charge in [-0.2, -0.15) is 0 Å². The number of fused-ring (bicyclic) bond motifs is 1. The highest BCUT2D eigenvalue weighted by atomic mass is 16.5. The van der Waals surface area contributed by atoms with Crippen molar-refractivity contribution in [1.29, 1.82) is 0 Å². The Morgan fingerprint density at radius 1 is 1.13 bits per heavy atom. The molecule has 0 spiro atoms. The molecule has 3 N–H and O–H groups in total. The molecule has 1 aromatic heterocycles. The average molecular weight is 407 g/mol. The predicted molar refractivity (Wildman–Crippen MR) is 115 cm³/mol. The van der Waals surface area contributed by atoms with Crippen molar-refractivity contribution in [2.75, 3.05) is 19.7 Å². The van der Waals surface area contributed by atoms with Crippen LogP contribution in [0.1, 0.15) is 16.7 Å². The Kier molecular flexibility index (Phi) is 7.77. The number of amides is 1. The van der Waals surface area contributed by atoms with Gasteiger partial charge in [0, 0.05) is 42.8 Å². The molecule has 0 aliphatic rings. The van der Waals surface area contributed by atoms with Crippen LogP contribution in [0, 0.1) is 0 Å². The Hall–Kier alpha value is -3.42. The zero-order valence-corrected chi connectivity index (χ0v) is 16.6. The zero-order valence-electron chi connectivity index (χ0n) is 16.6. The molecule has 0 saturated carbocycles. The number of aromatic amines is 1. The summed E-state index contributed by atoms with van der Waals surface area (Å²) in [6.45, 7) is 2.99. The van der Waals surface area contributed by atoms with Crippen LogP contribution in [0.15, 0.2) is 60.8 Å². The number of rotatable bonds is 11. The van der Waals surface area contributed by atoms with Crippen LogP contribution in [-0.4, -0.2) is 47.2 Å². The summed E-state index contributed by atoms with van der Waals surface area (Å²) >= 11 is 0. The van der Waals surface area contributed by atoms with Gasteiger partial charge in [-0.05, 0) is 35.3 Å². The van der Waals surface area contributed by atoms with Gasteiger partial charge in [0.2, 0.25) is 0 Å². The minimum atomic E-state index is -0.572. The normalized spacial score (nSPS) is 11.3. The first-order valence-corrected chi connectivity index (χ1v) is 9.73. The van der Waals surface area contributed by atoms with Crippen molar-refractivity contribution in [2.24, 2.45) is 0 Å². The van der Waals surface area contributed by atoms with E-state index in [2.05, 4.69) is 28.2 Å². The predicted octanol–water partition coefficient (Wildman–Crippen LogP) is 2.90. The maximum atomic E-state index is 11.1. The van der Waals surface area contributed by atoms with Gasteiger partial charge in [0.15, 0.2) is 0 Å². The van der Waals surface area contributed by atoms with Crippen LogP contribution in [0.5, 0.6) is 0 Å². The van der Waals surface area contributed by atoms with Crippen molar-refractivity contribution >= 4 is 29.4 Å². The third kappa shape index (κ3) is 6.04. The molecule has 30 heavy (non-hydrogen) atoms. The van der Waals surface area contributed by atoms with Crippen LogP contribution in [0.25, 0.3) is 17.0 Å². The van der Waals surface area contributed by atoms with Crippen LogP contribution >= 0.6 is 0 Å². The molecule has 1 amide bonds. The van der Waals surface area contributed by atoms with Crippen molar-refractivity contribution in [3.8, 4) is 0 Å². The average Bonchev–Trinajstić information content (AvgIpc) is 3.20. The molecule has 0 atom stereocenters. The van der Waals surface area contributed by atoms with E-state index in [0.717, 1.165) is 29.6 Å². The fourth-order valence-corrected chi connectivity index (χ4v) is 3.32. The molecule has 3 rings (SSSR count). The first kappa shape index (κ1) is 21.3. The molecule has 0 aliphatic heterocycles. The maximum absolute atomic E-state index is 11.1. The third-order valence-corrected chi connectivity index (χ3v) is 4.89. The summed E-state index contributed by atoms with van der Waals surface area (Å²) < 4.78 is 4.90. The Morgan fingerprint density at radius 3 is 2.70 bits per heavy atom. The van der Waals surface area contributed by atoms with Crippen molar-refractivity contribution in [2.45, 2.75) is 13.0 Å². The third-order valence-electron chi connectivity index (χ3n) is 4.89. The Balaban J connectivity index is 1.63. The van der Waals surface area contributed by atoms with Crippen molar-refractivity contribution in [3.63, 3.8) is 0 Å². The van der Waals surface area contributed by atoms with Crippen molar-refractivity contribution in [1.82, 2.24) is 15.4 Å². The maximum Gasteiger partial charge on any atom is 0.293 e. The summed E-state index contributed by atoms with van der Waals surface area (Å²) in [5.41, 5.74) is 5.92. The fourth-order valence-electron chi connectivity index (χ4n) is 3.32. The molecule has 156 valence electrons. The molecular weight excluding hydrogens is 382 g/mol. The minimum Gasteiger partial charge on any atom is -0.467 e. The quantitative estimate of drug-likeness (QED) is 0.149. The van der Waals surface area contributed by atoms with E-state index in [1.807, 2.05) is 36.4 Å². The molecule has 0 saturated heterocycles. The second kappa shape index (κ2) is 10.9. The lowest BCUT2D eigenvalue weighted by atomic mass is 10.1. The van der Waals surface area contributed by atoms with E-state index in [1.54, 1.807) is 11.6 Å². The summed E-state index contributed by atoms with van der Waals surface area (Å²) in [5.74, 6) is -0.572. The van der Waals surface area contributed by atoms with Crippen LogP contribution in [0.4, 0.5) is 0 Å². The highest BCUT2D eigenvalue weighted by Gasteiger charge is 2.09. The van der Waals surface area contributed by atoms with E-state index in [1.165, 1.54) is 17.0 Å². The highest BCUT2D eigenvalue weighted by molar-refractivity contribution is 5.90. The van der Waals surface area contributed by atoms with E-state index in [4.69, 9.17) is 9.94 Å². The number of aromatic nitrogens is 1. The van der Waals surface area contributed by atoms with Gasteiger partial charge in [0.1, 0.15) is 6.61 Å². The molecule has 7 nitrogen and oxygen atoms in total. The number of hydroxylamine groups is 1. The molecule has 0 fully saturated rings. The topological polar surface area (TPSA) is 94.7 Å². The monoisotopic (exact) mass is 407 g/mol. The van der Waals surface area contributed by atoms with Crippen LogP contribution in [0.2, 0.25) is 0 Å². The van der Waals surface area contributed by atoms with Gasteiger partial charge in [-0.25, -0.2) is 5.48 Å². The summed E-state index contributed by atoms with van der Waals surface area (Å²) in [5, 5.41) is 9.76. The molecule has 3 aromatic rings. The Labute approximate surface area is 174 Å². The smallest absolute Gasteiger partial charge is 0.293 e. The number of benzene rings is 2. The van der Waals surface area contributed by atoms with Gasteiger partial charge in [0.05, 0.1) is 0 Å². The molecule has 0 aliphatic carbocycles. The Bertz CT molecular complexity index is 995. The molecule has 7 heteroatoms. The van der Waals surface area contributed by atoms with Gasteiger partial charge in [-0.1, -0.05) is 42.5 Å². The van der Waals surface area contributed by atoms with Gasteiger partial charge in [-0.15, -0.1) is 0 Å². The molecule has 0 unspecified atom stereocenters. The summed E-state index contributed by atoms with van der Waals surface area (Å²) in [4.78, 5) is 27.1. The minimum absolute atomic E-state index is 0.342. The summed E-state index contributed by atoms with van der Waals surface area (Å²) in [7, 11) is 0. The van der Waals surface area contributed by atoms with E-state index in [9.17, 15) is 9.59 Å². The lowest BCUT2D eigenvalue weighted by Crippen LogP contribution is -2.29. The molecule has 0 radical (unpaired) electrons. The number of para-hydroxylation sites is 1. The fraction of sp³-hybridized carbons (Fsp3) is 0.217. The first-order valence-electron chi connectivity index (χ1n) is 9.73. The molecule has 0 bridgehead atoms. The molecule has 1 heterocycles. The number of hydrogen-bond donors (Lipinski definition) is 3. The standard InChI is InChI=1S/C23H25N3O4/c27-17-30-14-13-26(12-11-20-15-24-22-4-2-1-3-21(20)22)16-19-7-5-18(6-8-19)9-10-23(28)25-29/h1-10,15,17,24,29H,11-14,16H2,(H,25,28)/b10-9+. The van der Waals surface area contributed by atoms with Gasteiger partial charge in [-0.3, -0.25) is 19.7 Å². The van der Waals surface area contributed by atoms with Gasteiger partial charge >= 0.3 is 0 Å². The lowest BCUT2D eigenvalue weighted by molar-refractivity contribution is -0.129. The van der Waals surface area contributed by atoms with Crippen molar-refractivity contribution in [3.05, 3.63) is 77.5 Å². The SMILES string of the molecule is O=COCCN(CCc1c[nH]c2ccccc12)Cc1ccc(/C=C/C(=O)NO)cc1. The molecule has 2 aromatic carbocycles. The highest BCUT2D eigenvalue weighted by Crippen LogP contribution is 2.19. The molecular formula is C23H25N3O4. The second-order valence-electron chi connectivity index (χ2n) is 6.90. The van der Waals surface area contributed by atoms with E-state index >= 15 is 0 Å². The number of nitrogens with zero attached hydrogens (tertiary/aromatic N) is 1. The number of ether oxygens (including phenoxy) is 1. The first-order chi connectivity index (χ1) is 14.7. The van der Waals surface area contributed by atoms with E-state index in [0.29, 0.717) is 26.2 Å². The van der Waals surface area contributed by atoms with Crippen LogP contribution in [0.3, 0.4) is 0 Å². The summed E-state index contributed by atoms with van der Waals surface area (Å²) in [6.07, 6.45) is 5.82. The number of carbonyl (C=O) groups excluding carboxylic acids is 2. The number of carbonyl (C=O) groups is 2. The number of H-pyrrole nitrogens is 1. The number of nitrogens with one attached hydrogen (secondary N) is 2. The van der Waals surface area contributed by atoms with E-state index in [-0.39, 0.29) is 0 Å². The second-order valence-corrected chi connectivity index (χ2v) is 6.90. The lowest BCUT2D eigenvalue weighted by Gasteiger charge is -2.22.